The second-order valence-electron chi connectivity index (χ2n) is 10.6. The zero-order valence-corrected chi connectivity index (χ0v) is 22.4. The second-order valence-corrected chi connectivity index (χ2v) is 10.6. The number of nitrogens with zero attached hydrogens (tertiary/aromatic N) is 2. The van der Waals surface area contributed by atoms with Crippen molar-refractivity contribution < 1.29 is 18.7 Å². The number of carbonyl (C=O) groups excluding carboxylic acids is 2. The van der Waals surface area contributed by atoms with Crippen LogP contribution in [-0.4, -0.2) is 47.1 Å². The Morgan fingerprint density at radius 1 is 1.00 bits per heavy atom. The summed E-state index contributed by atoms with van der Waals surface area (Å²) in [7, 11) is 0. The highest BCUT2D eigenvalue weighted by atomic mass is 19.1. The molecule has 0 aliphatic carbocycles. The van der Waals surface area contributed by atoms with E-state index in [1.165, 1.54) is 16.7 Å². The van der Waals surface area contributed by atoms with Gasteiger partial charge in [-0.15, -0.1) is 0 Å². The summed E-state index contributed by atoms with van der Waals surface area (Å²) in [6.07, 6.45) is 0.161. The Labute approximate surface area is 224 Å². The van der Waals surface area contributed by atoms with Crippen molar-refractivity contribution in [2.75, 3.05) is 13.2 Å². The monoisotopic (exact) mass is 517 g/mol. The fraction of sp³-hybridized carbons (Fsp3) is 0.387. The SMILES string of the molecule is CC(C)COc1cc(C(=O)N2C[C@H](F)C[C@H]2C(=O)N[C@@H](c2ccccc2)c2ccc(C(C)C)cc2)ccn1. The maximum Gasteiger partial charge on any atom is 0.254 e. The van der Waals surface area contributed by atoms with Gasteiger partial charge < -0.3 is 15.0 Å². The average molecular weight is 518 g/mol. The Morgan fingerprint density at radius 3 is 2.32 bits per heavy atom. The lowest BCUT2D eigenvalue weighted by atomic mass is 9.95. The number of rotatable bonds is 9. The van der Waals surface area contributed by atoms with Crippen LogP contribution in [0.4, 0.5) is 4.39 Å². The number of carbonyl (C=O) groups is 2. The Morgan fingerprint density at radius 2 is 1.66 bits per heavy atom. The van der Waals surface area contributed by atoms with E-state index in [0.717, 1.165) is 11.1 Å². The molecule has 6 nitrogen and oxygen atoms in total. The molecule has 4 rings (SSSR count). The van der Waals surface area contributed by atoms with Crippen molar-refractivity contribution in [1.29, 1.82) is 0 Å². The summed E-state index contributed by atoms with van der Waals surface area (Å²) in [6.45, 7) is 8.63. The number of pyridine rings is 1. The molecule has 0 unspecified atom stereocenters. The van der Waals surface area contributed by atoms with Gasteiger partial charge in [-0.3, -0.25) is 9.59 Å². The highest BCUT2D eigenvalue weighted by Crippen LogP contribution is 2.28. The van der Waals surface area contributed by atoms with Crippen LogP contribution in [0, 0.1) is 5.92 Å². The van der Waals surface area contributed by atoms with Gasteiger partial charge in [-0.1, -0.05) is 82.3 Å². The largest absolute Gasteiger partial charge is 0.477 e. The first-order valence-corrected chi connectivity index (χ1v) is 13.2. The van der Waals surface area contributed by atoms with E-state index >= 15 is 0 Å². The smallest absolute Gasteiger partial charge is 0.254 e. The molecule has 2 heterocycles. The van der Waals surface area contributed by atoms with Crippen LogP contribution >= 0.6 is 0 Å². The first-order valence-electron chi connectivity index (χ1n) is 13.2. The summed E-state index contributed by atoms with van der Waals surface area (Å²) >= 11 is 0. The van der Waals surface area contributed by atoms with Crippen molar-refractivity contribution in [3.63, 3.8) is 0 Å². The molecule has 0 radical (unpaired) electrons. The van der Waals surface area contributed by atoms with Gasteiger partial charge in [-0.2, -0.15) is 0 Å². The number of hydrogen-bond acceptors (Lipinski definition) is 4. The summed E-state index contributed by atoms with van der Waals surface area (Å²) in [6, 6.07) is 19.6. The summed E-state index contributed by atoms with van der Waals surface area (Å²) in [5, 5.41) is 3.10. The predicted molar refractivity (Wildman–Crippen MR) is 146 cm³/mol. The summed E-state index contributed by atoms with van der Waals surface area (Å²) in [4.78, 5) is 32.5. The number of aromatic nitrogens is 1. The summed E-state index contributed by atoms with van der Waals surface area (Å²) in [5.41, 5.74) is 3.35. The topological polar surface area (TPSA) is 71.5 Å². The molecule has 1 N–H and O–H groups in total. The van der Waals surface area contributed by atoms with Crippen LogP contribution < -0.4 is 10.1 Å². The minimum atomic E-state index is -1.28. The molecule has 0 bridgehead atoms. The molecule has 0 spiro atoms. The van der Waals surface area contributed by atoms with Crippen LogP contribution in [0.25, 0.3) is 0 Å². The van der Waals surface area contributed by atoms with Gasteiger partial charge in [0, 0.05) is 24.2 Å². The maximum absolute atomic E-state index is 14.6. The zero-order chi connectivity index (χ0) is 27.2. The lowest BCUT2D eigenvalue weighted by molar-refractivity contribution is -0.125. The third kappa shape index (κ3) is 6.57. The quantitative estimate of drug-likeness (QED) is 0.395. The molecule has 38 heavy (non-hydrogen) atoms. The maximum atomic E-state index is 14.6. The minimum absolute atomic E-state index is 0.0485. The molecule has 2 aromatic carbocycles. The molecular formula is C31H36FN3O3. The van der Waals surface area contributed by atoms with E-state index < -0.39 is 24.2 Å². The van der Waals surface area contributed by atoms with Gasteiger partial charge in [0.05, 0.1) is 19.2 Å². The molecule has 1 aromatic heterocycles. The Hall–Kier alpha value is -3.74. The van der Waals surface area contributed by atoms with Gasteiger partial charge in [-0.25, -0.2) is 9.37 Å². The lowest BCUT2D eigenvalue weighted by Crippen LogP contribution is -2.47. The van der Waals surface area contributed by atoms with Gasteiger partial charge in [0.2, 0.25) is 11.8 Å². The van der Waals surface area contributed by atoms with Crippen molar-refractivity contribution in [2.45, 2.75) is 58.3 Å². The van der Waals surface area contributed by atoms with Gasteiger partial charge in [0.1, 0.15) is 12.2 Å². The number of ether oxygens (including phenoxy) is 1. The first-order chi connectivity index (χ1) is 18.2. The highest BCUT2D eigenvalue weighted by molar-refractivity contribution is 5.98. The number of benzene rings is 2. The number of likely N-dealkylation sites (tertiary alicyclic amines) is 1. The second kappa shape index (κ2) is 12.2. The van der Waals surface area contributed by atoms with E-state index in [1.54, 1.807) is 12.1 Å². The van der Waals surface area contributed by atoms with Crippen LogP contribution in [0.15, 0.2) is 72.9 Å². The normalized spacial score (nSPS) is 18.0. The van der Waals surface area contributed by atoms with Crippen LogP contribution in [0.5, 0.6) is 5.88 Å². The van der Waals surface area contributed by atoms with Crippen LogP contribution in [0.1, 0.15) is 73.1 Å². The zero-order valence-electron chi connectivity index (χ0n) is 22.4. The Balaban J connectivity index is 1.56. The third-order valence-electron chi connectivity index (χ3n) is 6.72. The fourth-order valence-electron chi connectivity index (χ4n) is 4.61. The average Bonchev–Trinajstić information content (AvgIpc) is 3.32. The van der Waals surface area contributed by atoms with E-state index in [1.807, 2.05) is 56.3 Å². The molecule has 1 aliphatic heterocycles. The summed E-state index contributed by atoms with van der Waals surface area (Å²) in [5.74, 6) is 0.216. The van der Waals surface area contributed by atoms with Gasteiger partial charge in [0.25, 0.3) is 5.91 Å². The summed E-state index contributed by atoms with van der Waals surface area (Å²) < 4.78 is 20.3. The van der Waals surface area contributed by atoms with Gasteiger partial charge >= 0.3 is 0 Å². The number of hydrogen-bond donors (Lipinski definition) is 1. The third-order valence-corrected chi connectivity index (χ3v) is 6.72. The van der Waals surface area contributed by atoms with Crippen LogP contribution in [-0.2, 0) is 4.79 Å². The standard InChI is InChI=1S/C31H36FN3O3/c1-20(2)19-38-28-16-25(14-15-33-28)31(37)35-18-26(32)17-27(35)30(36)34-29(23-8-6-5-7-9-23)24-12-10-22(11-13-24)21(3)4/h5-16,20-21,26-27,29H,17-19H2,1-4H3,(H,34,36)/t26-,27+,29+/m1/s1. The van der Waals surface area contributed by atoms with Crippen molar-refractivity contribution in [3.8, 4) is 5.88 Å². The van der Waals surface area contributed by atoms with Crippen molar-refractivity contribution in [2.24, 2.45) is 5.92 Å². The van der Waals surface area contributed by atoms with Gasteiger partial charge in [0.15, 0.2) is 0 Å². The molecule has 2 amide bonds. The minimum Gasteiger partial charge on any atom is -0.477 e. The predicted octanol–water partition coefficient (Wildman–Crippen LogP) is 5.70. The van der Waals surface area contributed by atoms with Crippen molar-refractivity contribution in [1.82, 2.24) is 15.2 Å². The molecule has 1 fully saturated rings. The van der Waals surface area contributed by atoms with Gasteiger partial charge in [-0.05, 0) is 34.6 Å². The number of halogens is 1. The number of alkyl halides is 1. The number of amides is 2. The number of nitrogens with one attached hydrogen (secondary N) is 1. The van der Waals surface area contributed by atoms with E-state index in [2.05, 4.69) is 36.3 Å². The highest BCUT2D eigenvalue weighted by Gasteiger charge is 2.41. The van der Waals surface area contributed by atoms with E-state index in [0.29, 0.717) is 29.9 Å². The molecule has 7 heteroatoms. The molecule has 3 aromatic rings. The molecular weight excluding hydrogens is 481 g/mol. The molecule has 1 aliphatic rings. The van der Waals surface area contributed by atoms with Crippen molar-refractivity contribution >= 4 is 11.8 Å². The Kier molecular flexibility index (Phi) is 8.77. The Bertz CT molecular complexity index is 1230. The molecule has 1 saturated heterocycles. The van der Waals surface area contributed by atoms with Crippen LogP contribution in [0.2, 0.25) is 0 Å². The molecule has 200 valence electrons. The van der Waals surface area contributed by atoms with E-state index in [9.17, 15) is 14.0 Å². The lowest BCUT2D eigenvalue weighted by Gasteiger charge is -2.27. The van der Waals surface area contributed by atoms with Crippen LogP contribution in [0.3, 0.4) is 0 Å². The molecule has 3 atom stereocenters. The molecule has 0 saturated carbocycles. The first kappa shape index (κ1) is 27.3. The van der Waals surface area contributed by atoms with E-state index in [-0.39, 0.29) is 18.9 Å². The van der Waals surface area contributed by atoms with E-state index in [4.69, 9.17) is 4.74 Å². The van der Waals surface area contributed by atoms with Crippen molar-refractivity contribution in [3.05, 3.63) is 95.2 Å². The fourth-order valence-corrected chi connectivity index (χ4v) is 4.61.